The summed E-state index contributed by atoms with van der Waals surface area (Å²) < 4.78 is 19.2. The molecule has 46 heavy (non-hydrogen) atoms. The summed E-state index contributed by atoms with van der Waals surface area (Å²) in [7, 11) is 4.08. The van der Waals surface area contributed by atoms with Crippen LogP contribution in [0.4, 0.5) is 10.2 Å². The third-order valence-electron chi connectivity index (χ3n) is 9.62. The van der Waals surface area contributed by atoms with E-state index in [9.17, 15) is 10.1 Å². The Morgan fingerprint density at radius 2 is 2.00 bits per heavy atom. The molecule has 0 saturated carbocycles. The van der Waals surface area contributed by atoms with E-state index in [0.29, 0.717) is 69.2 Å². The molecule has 2 saturated heterocycles. The zero-order valence-electron chi connectivity index (χ0n) is 25.7. The number of nitriles is 1. The van der Waals surface area contributed by atoms with Crippen molar-refractivity contribution in [2.24, 2.45) is 0 Å². The molecular weight excluding hydrogens is 628 g/mol. The molecule has 5 heterocycles. The number of nitrogens with one attached hydrogen (secondary N) is 1. The molecule has 5 aromatic rings. The van der Waals surface area contributed by atoms with Gasteiger partial charge in [0.1, 0.15) is 11.0 Å². The molecule has 2 aliphatic rings. The molecule has 0 spiro atoms. The topological polar surface area (TPSA) is 110 Å². The molecule has 0 bridgehead atoms. The van der Waals surface area contributed by atoms with Gasteiger partial charge in [0.15, 0.2) is 11.6 Å². The number of aromatic amines is 1. The van der Waals surface area contributed by atoms with Crippen molar-refractivity contribution in [3.05, 3.63) is 58.7 Å². The number of nitrogens with zero attached hydrogens (tertiary/aromatic N) is 8. The summed E-state index contributed by atoms with van der Waals surface area (Å²) in [5, 5.41) is 18.6. The van der Waals surface area contributed by atoms with Crippen LogP contribution < -0.4 is 4.90 Å². The number of hydrogen-bond donors (Lipinski definition) is 1. The summed E-state index contributed by atoms with van der Waals surface area (Å²) in [6, 6.07) is 5.72. The lowest BCUT2D eigenvalue weighted by Crippen LogP contribution is -2.57. The van der Waals surface area contributed by atoms with Gasteiger partial charge < -0.3 is 19.3 Å². The van der Waals surface area contributed by atoms with Gasteiger partial charge in [0.05, 0.1) is 41.1 Å². The first-order valence-electron chi connectivity index (χ1n) is 15.1. The molecule has 1 amide bonds. The summed E-state index contributed by atoms with van der Waals surface area (Å²) >= 11 is 13.6. The summed E-state index contributed by atoms with van der Waals surface area (Å²) in [6.45, 7) is 7.39. The number of carbonyl (C=O) groups is 1. The molecule has 10 nitrogen and oxygen atoms in total. The number of piperidine rings is 1. The normalized spacial score (nSPS) is 18.9. The molecule has 0 radical (unpaired) electrons. The van der Waals surface area contributed by atoms with Crippen LogP contribution in [0, 0.1) is 24.1 Å². The lowest BCUT2D eigenvalue weighted by Gasteiger charge is -2.43. The van der Waals surface area contributed by atoms with Crippen LogP contribution in [0.15, 0.2) is 37.3 Å². The highest BCUT2D eigenvalue weighted by molar-refractivity contribution is 6.36. The SMILES string of the molecule is C=CC(=O)N1CC[C@H](n2cnc3c(N4CC(N(C)C)C4)nc4c(F)c(-c5c(C)c(Cl)cc6[nH]ncc56)c(Cl)cc4c32)C[C@H]1CC#N. The van der Waals surface area contributed by atoms with Crippen LogP contribution in [0.2, 0.25) is 10.0 Å². The second kappa shape index (κ2) is 11.5. The van der Waals surface area contributed by atoms with Crippen molar-refractivity contribution >= 4 is 67.8 Å². The molecule has 0 unspecified atom stereocenters. The summed E-state index contributed by atoms with van der Waals surface area (Å²) in [4.78, 5) is 28.4. The Kier molecular flexibility index (Phi) is 7.62. The quantitative estimate of drug-likeness (QED) is 0.214. The lowest BCUT2D eigenvalue weighted by atomic mass is 9.93. The molecule has 0 aliphatic carbocycles. The number of benzene rings is 2. The van der Waals surface area contributed by atoms with E-state index in [4.69, 9.17) is 33.2 Å². The molecule has 2 aromatic carbocycles. The highest BCUT2D eigenvalue weighted by Crippen LogP contribution is 2.45. The van der Waals surface area contributed by atoms with Crippen molar-refractivity contribution in [3.63, 3.8) is 0 Å². The number of likely N-dealkylation sites (tertiary alicyclic amines) is 1. The first-order valence-corrected chi connectivity index (χ1v) is 15.9. The standard InChI is InChI=1S/C33H32Cl2FN9O/c1-5-26(46)44-9-7-19(10-18(44)6-8-37)45-16-38-31-32(45)21-11-24(35)28(27-17(2)23(34)12-25-22(27)13-39-41-25)29(36)30(21)40-33(31)43-14-20(15-43)42(3)4/h5,11-13,16,18-20H,1,6-7,9-10,14-15H2,2-4H3,(H,39,41)/t18-,19+/m1/s1. The van der Waals surface area contributed by atoms with Gasteiger partial charge in [-0.25, -0.2) is 14.4 Å². The van der Waals surface area contributed by atoms with Crippen molar-refractivity contribution in [1.29, 1.82) is 5.26 Å². The van der Waals surface area contributed by atoms with Crippen molar-refractivity contribution in [2.75, 3.05) is 38.6 Å². The zero-order valence-corrected chi connectivity index (χ0v) is 27.2. The van der Waals surface area contributed by atoms with Gasteiger partial charge in [-0.2, -0.15) is 10.4 Å². The fourth-order valence-electron chi connectivity index (χ4n) is 7.00. The highest BCUT2D eigenvalue weighted by atomic mass is 35.5. The molecule has 1 N–H and O–H groups in total. The largest absolute Gasteiger partial charge is 0.351 e. The number of likely N-dealkylation sites (N-methyl/N-ethyl adjacent to an activating group) is 1. The predicted molar refractivity (Wildman–Crippen MR) is 179 cm³/mol. The van der Waals surface area contributed by atoms with Crippen LogP contribution in [-0.4, -0.2) is 86.3 Å². The minimum Gasteiger partial charge on any atom is -0.351 e. The van der Waals surface area contributed by atoms with E-state index in [1.807, 2.05) is 21.0 Å². The Hall–Kier alpha value is -4.24. The van der Waals surface area contributed by atoms with Gasteiger partial charge in [-0.3, -0.25) is 9.89 Å². The smallest absolute Gasteiger partial charge is 0.246 e. The Morgan fingerprint density at radius 3 is 2.72 bits per heavy atom. The number of aromatic nitrogens is 5. The van der Waals surface area contributed by atoms with Crippen molar-refractivity contribution in [3.8, 4) is 17.2 Å². The minimum atomic E-state index is -0.551. The van der Waals surface area contributed by atoms with Crippen LogP contribution in [0.3, 0.4) is 0 Å². The van der Waals surface area contributed by atoms with Crippen molar-refractivity contribution in [1.82, 2.24) is 34.5 Å². The van der Waals surface area contributed by atoms with Gasteiger partial charge >= 0.3 is 0 Å². The Morgan fingerprint density at radius 1 is 1.22 bits per heavy atom. The van der Waals surface area contributed by atoms with Gasteiger partial charge in [-0.15, -0.1) is 0 Å². The number of H-pyrrole nitrogens is 1. The number of fused-ring (bicyclic) bond motifs is 4. The van der Waals surface area contributed by atoms with E-state index in [0.717, 1.165) is 18.6 Å². The molecule has 7 rings (SSSR count). The van der Waals surface area contributed by atoms with E-state index in [1.165, 1.54) is 6.08 Å². The molecule has 2 atom stereocenters. The molecule has 2 aliphatic heterocycles. The predicted octanol–water partition coefficient (Wildman–Crippen LogP) is 6.26. The Bertz CT molecular complexity index is 2090. The monoisotopic (exact) mass is 659 g/mol. The van der Waals surface area contributed by atoms with Gasteiger partial charge in [0.25, 0.3) is 0 Å². The molecule has 3 aromatic heterocycles. The number of rotatable bonds is 6. The molecule has 13 heteroatoms. The van der Waals surface area contributed by atoms with E-state index >= 15 is 4.39 Å². The number of pyridine rings is 1. The number of carbonyl (C=O) groups excluding carboxylic acids is 1. The van der Waals surface area contributed by atoms with Crippen LogP contribution >= 0.6 is 23.2 Å². The van der Waals surface area contributed by atoms with E-state index in [2.05, 4.69) is 37.2 Å². The number of amides is 1. The highest BCUT2D eigenvalue weighted by Gasteiger charge is 2.36. The van der Waals surface area contributed by atoms with E-state index in [-0.39, 0.29) is 40.5 Å². The van der Waals surface area contributed by atoms with Crippen LogP contribution in [0.1, 0.15) is 30.9 Å². The maximum Gasteiger partial charge on any atom is 0.246 e. The average Bonchev–Trinajstić information content (AvgIpc) is 3.66. The Balaban J connectivity index is 1.45. The molecular formula is C33H32Cl2FN9O. The number of imidazole rings is 1. The van der Waals surface area contributed by atoms with Crippen molar-refractivity contribution < 1.29 is 9.18 Å². The number of anilines is 1. The second-order valence-corrected chi connectivity index (χ2v) is 13.2. The fourth-order valence-corrected chi connectivity index (χ4v) is 7.49. The van der Waals surface area contributed by atoms with Gasteiger partial charge in [-0.1, -0.05) is 29.8 Å². The maximum absolute atomic E-state index is 17.1. The third-order valence-corrected chi connectivity index (χ3v) is 10.3. The number of hydrogen-bond acceptors (Lipinski definition) is 7. The fraction of sp³-hybridized carbons (Fsp3) is 0.364. The van der Waals surface area contributed by atoms with Crippen LogP contribution in [-0.2, 0) is 4.79 Å². The van der Waals surface area contributed by atoms with Crippen molar-refractivity contribution in [2.45, 2.75) is 44.3 Å². The summed E-state index contributed by atoms with van der Waals surface area (Å²) in [5.74, 6) is -0.135. The minimum absolute atomic E-state index is 0.0937. The van der Waals surface area contributed by atoms with Gasteiger partial charge in [0, 0.05) is 64.7 Å². The third kappa shape index (κ3) is 4.70. The van der Waals surface area contributed by atoms with Crippen LogP contribution in [0.5, 0.6) is 0 Å². The first kappa shape index (κ1) is 30.4. The summed E-state index contributed by atoms with van der Waals surface area (Å²) in [6.07, 6.45) is 6.08. The number of halogens is 3. The molecule has 2 fully saturated rings. The Labute approximate surface area is 275 Å². The van der Waals surface area contributed by atoms with Gasteiger partial charge in [0.2, 0.25) is 5.91 Å². The maximum atomic E-state index is 17.1. The van der Waals surface area contributed by atoms with E-state index in [1.54, 1.807) is 29.6 Å². The average molecular weight is 661 g/mol. The zero-order chi connectivity index (χ0) is 32.4. The first-order chi connectivity index (χ1) is 22.1. The second-order valence-electron chi connectivity index (χ2n) is 12.4. The van der Waals surface area contributed by atoms with Gasteiger partial charge in [-0.05, 0) is 57.6 Å². The molecule has 236 valence electrons. The summed E-state index contributed by atoms with van der Waals surface area (Å²) in [5.41, 5.74) is 3.69. The lowest BCUT2D eigenvalue weighted by molar-refractivity contribution is -0.130. The van der Waals surface area contributed by atoms with E-state index < -0.39 is 5.82 Å². The van der Waals surface area contributed by atoms with Crippen LogP contribution in [0.25, 0.3) is 44.0 Å².